The summed E-state index contributed by atoms with van der Waals surface area (Å²) in [5, 5.41) is 41.3. The maximum absolute atomic E-state index is 9.77. The van der Waals surface area contributed by atoms with Crippen molar-refractivity contribution in [2.24, 2.45) is 0 Å². The van der Waals surface area contributed by atoms with Crippen LogP contribution in [0.5, 0.6) is 0 Å². The number of allylic oxidation sites excluding steroid dienone is 2. The summed E-state index contributed by atoms with van der Waals surface area (Å²) in [4.78, 5) is 22.0. The van der Waals surface area contributed by atoms with E-state index in [9.17, 15) is 9.59 Å². The van der Waals surface area contributed by atoms with E-state index in [0.717, 1.165) is 19.4 Å². The van der Waals surface area contributed by atoms with Gasteiger partial charge in [0, 0.05) is 19.2 Å². The van der Waals surface area contributed by atoms with Crippen molar-refractivity contribution in [3.63, 3.8) is 0 Å². The van der Waals surface area contributed by atoms with E-state index in [1.54, 1.807) is 0 Å². The molecule has 0 aliphatic carbocycles. The third kappa shape index (κ3) is 7.03. The van der Waals surface area contributed by atoms with Crippen LogP contribution in [0.1, 0.15) is 37.3 Å². The molecule has 8 nitrogen and oxygen atoms in total. The maximum atomic E-state index is 9.77. The quantitative estimate of drug-likeness (QED) is 0.402. The number of carboxylic acids is 2. The highest BCUT2D eigenvalue weighted by Gasteiger charge is 2.38. The molecule has 0 saturated carbocycles. The van der Waals surface area contributed by atoms with Gasteiger partial charge in [0.05, 0.1) is 6.07 Å². The van der Waals surface area contributed by atoms with Gasteiger partial charge in [-0.3, -0.25) is 0 Å². The predicted octanol–water partition coefficient (Wildman–Crippen LogP) is 3.28. The minimum absolute atomic E-state index is 0.298. The van der Waals surface area contributed by atoms with Gasteiger partial charge in [0.2, 0.25) is 0 Å². The van der Waals surface area contributed by atoms with Gasteiger partial charge in [-0.05, 0) is 43.0 Å². The Kier molecular flexibility index (Phi) is 10.2. The first-order valence-corrected chi connectivity index (χ1v) is 11.2. The lowest BCUT2D eigenvalue weighted by molar-refractivity contribution is -0.165. The van der Waals surface area contributed by atoms with Crippen LogP contribution in [0.2, 0.25) is 0 Å². The van der Waals surface area contributed by atoms with Gasteiger partial charge in [-0.15, -0.1) is 0 Å². The van der Waals surface area contributed by atoms with Crippen molar-refractivity contribution in [2.45, 2.75) is 43.9 Å². The standard InChI is InChI=1S/C23H24N2.C4H6O6/c1-20-15-18-25(17-10-4-9-16-24)23(19-20,21-11-5-2-6-12-21)22-13-7-3-8-14-22;5-1(3(7)8)2(6)4(9)10/h2-3,5-8,11-15,18-19H,4,9-10,17H2,1H3;1-2,5-6H,(H,7,8)(H,9,10)/t;1-,2?/m.1/s1. The number of nitriles is 1. The van der Waals surface area contributed by atoms with E-state index in [0.29, 0.717) is 6.42 Å². The van der Waals surface area contributed by atoms with Crippen molar-refractivity contribution in [1.29, 1.82) is 5.26 Å². The van der Waals surface area contributed by atoms with Gasteiger partial charge < -0.3 is 25.3 Å². The molecule has 0 fully saturated rings. The van der Waals surface area contributed by atoms with Crippen LogP contribution in [0.15, 0.2) is 84.6 Å². The highest BCUT2D eigenvalue weighted by Crippen LogP contribution is 2.41. The number of carboxylic acid groups (broad SMARTS) is 2. The normalized spacial score (nSPS) is 15.6. The molecule has 0 aromatic heterocycles. The fraction of sp³-hybridized carbons (Fsp3) is 0.296. The monoisotopic (exact) mass is 478 g/mol. The first-order valence-electron chi connectivity index (χ1n) is 11.2. The number of benzene rings is 2. The predicted molar refractivity (Wildman–Crippen MR) is 130 cm³/mol. The first kappa shape index (κ1) is 27.3. The first-order chi connectivity index (χ1) is 16.7. The molecular weight excluding hydrogens is 448 g/mol. The number of carbonyl (C=O) groups is 2. The van der Waals surface area contributed by atoms with Crippen molar-refractivity contribution < 1.29 is 30.0 Å². The molecule has 35 heavy (non-hydrogen) atoms. The zero-order chi connectivity index (χ0) is 25.8. The third-order valence-corrected chi connectivity index (χ3v) is 5.58. The lowest BCUT2D eigenvalue weighted by atomic mass is 9.78. The molecule has 0 bridgehead atoms. The minimum atomic E-state index is -2.27. The van der Waals surface area contributed by atoms with E-state index in [1.807, 2.05) is 0 Å². The molecule has 2 atom stereocenters. The number of aliphatic hydroxyl groups excluding tert-OH is 2. The van der Waals surface area contributed by atoms with Crippen LogP contribution in [0, 0.1) is 11.3 Å². The summed E-state index contributed by atoms with van der Waals surface area (Å²) in [5.41, 5.74) is 3.50. The molecule has 2 aromatic rings. The zero-order valence-electron chi connectivity index (χ0n) is 19.5. The minimum Gasteiger partial charge on any atom is -0.479 e. The van der Waals surface area contributed by atoms with Gasteiger partial charge in [0.1, 0.15) is 5.54 Å². The summed E-state index contributed by atoms with van der Waals surface area (Å²) in [6.45, 7) is 3.08. The van der Waals surface area contributed by atoms with E-state index in [4.69, 9.17) is 25.7 Å². The average molecular weight is 479 g/mol. The van der Waals surface area contributed by atoms with Crippen molar-refractivity contribution in [3.05, 3.63) is 95.7 Å². The van der Waals surface area contributed by atoms with Crippen LogP contribution in [0.4, 0.5) is 0 Å². The molecule has 8 heteroatoms. The fourth-order valence-corrected chi connectivity index (χ4v) is 3.84. The molecule has 1 heterocycles. The van der Waals surface area contributed by atoms with Crippen LogP contribution in [0.3, 0.4) is 0 Å². The number of aliphatic carboxylic acids is 2. The van der Waals surface area contributed by atoms with Crippen molar-refractivity contribution >= 4 is 11.9 Å². The van der Waals surface area contributed by atoms with Gasteiger partial charge in [-0.2, -0.15) is 5.26 Å². The van der Waals surface area contributed by atoms with Crippen molar-refractivity contribution in [1.82, 2.24) is 4.90 Å². The molecule has 1 unspecified atom stereocenters. The molecule has 0 saturated heterocycles. The Labute approximate surface area is 204 Å². The summed E-state index contributed by atoms with van der Waals surface area (Å²) in [5.74, 6) is -3.54. The van der Waals surface area contributed by atoms with Crippen LogP contribution in [0.25, 0.3) is 0 Å². The summed E-state index contributed by atoms with van der Waals surface area (Å²) >= 11 is 0. The Morgan fingerprint density at radius 1 is 0.914 bits per heavy atom. The Bertz CT molecular complexity index is 1020. The highest BCUT2D eigenvalue weighted by molar-refractivity contribution is 5.83. The fourth-order valence-electron chi connectivity index (χ4n) is 3.84. The second-order valence-electron chi connectivity index (χ2n) is 8.08. The number of rotatable bonds is 9. The second kappa shape index (κ2) is 13.1. The maximum Gasteiger partial charge on any atom is 0.335 e. The smallest absolute Gasteiger partial charge is 0.335 e. The van der Waals surface area contributed by atoms with Crippen LogP contribution in [-0.2, 0) is 15.1 Å². The molecule has 3 rings (SSSR count). The van der Waals surface area contributed by atoms with Gasteiger partial charge >= 0.3 is 11.9 Å². The average Bonchev–Trinajstić information content (AvgIpc) is 2.87. The SMILES string of the molecule is CC1=CC(c2ccccc2)(c2ccccc2)N(CCCCC#N)C=C1.O=C(O)C(O)[C@@H](O)C(=O)O. The Morgan fingerprint density at radius 2 is 1.40 bits per heavy atom. The second-order valence-corrected chi connectivity index (χ2v) is 8.08. The summed E-state index contributed by atoms with van der Waals surface area (Å²) < 4.78 is 0. The number of unbranched alkanes of at least 4 members (excludes halogenated alkanes) is 2. The van der Waals surface area contributed by atoms with E-state index in [2.05, 4.69) is 96.9 Å². The number of aliphatic hydroxyl groups is 2. The summed E-state index contributed by atoms with van der Waals surface area (Å²) in [6, 6.07) is 23.6. The molecule has 0 spiro atoms. The largest absolute Gasteiger partial charge is 0.479 e. The molecule has 1 aliphatic heterocycles. The van der Waals surface area contributed by atoms with E-state index < -0.39 is 24.1 Å². The Hall–Kier alpha value is -3.93. The number of nitrogens with zero attached hydrogens (tertiary/aromatic N) is 2. The van der Waals surface area contributed by atoms with Crippen LogP contribution >= 0.6 is 0 Å². The summed E-state index contributed by atoms with van der Waals surface area (Å²) in [6.07, 6.45) is 4.78. The summed E-state index contributed by atoms with van der Waals surface area (Å²) in [7, 11) is 0. The van der Waals surface area contributed by atoms with Gasteiger partial charge in [-0.1, -0.05) is 66.2 Å². The Morgan fingerprint density at radius 3 is 1.83 bits per heavy atom. The molecular formula is C27H30N2O6. The number of hydrogen-bond acceptors (Lipinski definition) is 6. The van der Waals surface area contributed by atoms with Gasteiger partial charge in [0.25, 0.3) is 0 Å². The van der Waals surface area contributed by atoms with Crippen molar-refractivity contribution in [3.8, 4) is 6.07 Å². The highest BCUT2D eigenvalue weighted by atomic mass is 16.4. The van der Waals surface area contributed by atoms with E-state index in [-0.39, 0.29) is 5.54 Å². The lowest BCUT2D eigenvalue weighted by Gasteiger charge is -2.45. The lowest BCUT2D eigenvalue weighted by Crippen LogP contribution is -2.44. The van der Waals surface area contributed by atoms with Crippen molar-refractivity contribution in [2.75, 3.05) is 6.54 Å². The van der Waals surface area contributed by atoms with Gasteiger partial charge in [0.15, 0.2) is 12.2 Å². The van der Waals surface area contributed by atoms with E-state index >= 15 is 0 Å². The topological polar surface area (TPSA) is 142 Å². The van der Waals surface area contributed by atoms with Gasteiger partial charge in [-0.25, -0.2) is 9.59 Å². The molecule has 4 N–H and O–H groups in total. The molecule has 2 aromatic carbocycles. The molecule has 184 valence electrons. The number of hydrogen-bond donors (Lipinski definition) is 4. The molecule has 0 amide bonds. The Balaban J connectivity index is 0.000000367. The zero-order valence-corrected chi connectivity index (χ0v) is 19.5. The van der Waals surface area contributed by atoms with E-state index in [1.165, 1.54) is 16.7 Å². The van der Waals surface area contributed by atoms with Crippen LogP contribution < -0.4 is 0 Å². The molecule has 0 radical (unpaired) electrons. The molecule has 1 aliphatic rings. The van der Waals surface area contributed by atoms with Crippen LogP contribution in [-0.4, -0.2) is 56.0 Å². The third-order valence-electron chi connectivity index (χ3n) is 5.58.